The Kier molecular flexibility index (Phi) is 6.35. The molecule has 8 heteroatoms. The second-order valence-electron chi connectivity index (χ2n) is 7.90. The molecule has 2 saturated heterocycles. The number of fused-ring (bicyclic) bond motifs is 1. The Morgan fingerprint density at radius 1 is 1.14 bits per heavy atom. The fourth-order valence-corrected chi connectivity index (χ4v) is 4.77. The molecule has 2 aliphatic heterocycles. The molecule has 1 amide bonds. The highest BCUT2D eigenvalue weighted by molar-refractivity contribution is 6.07. The Hall–Kier alpha value is -1.99. The van der Waals surface area contributed by atoms with Gasteiger partial charge in [0.1, 0.15) is 0 Å². The summed E-state index contributed by atoms with van der Waals surface area (Å²) in [6.45, 7) is 3.86. The van der Waals surface area contributed by atoms with E-state index in [-0.39, 0.29) is 42.2 Å². The smallest absolute Gasteiger partial charge is 0.270 e. The predicted molar refractivity (Wildman–Crippen MR) is 107 cm³/mol. The molecule has 4 rings (SSSR count). The molecule has 2 unspecified atom stereocenters. The van der Waals surface area contributed by atoms with Crippen LogP contribution in [0.2, 0.25) is 0 Å². The maximum Gasteiger partial charge on any atom is 0.270 e. The molecule has 0 bridgehead atoms. The van der Waals surface area contributed by atoms with Crippen molar-refractivity contribution in [2.45, 2.75) is 50.5 Å². The van der Waals surface area contributed by atoms with E-state index in [1.807, 2.05) is 4.90 Å². The molecule has 1 aromatic carbocycles. The highest BCUT2D eigenvalue weighted by Crippen LogP contribution is 2.37. The lowest BCUT2D eigenvalue weighted by Crippen LogP contribution is -2.50. The summed E-state index contributed by atoms with van der Waals surface area (Å²) < 4.78 is 0. The molecule has 1 aromatic rings. The van der Waals surface area contributed by atoms with Crippen molar-refractivity contribution in [3.05, 3.63) is 39.4 Å². The normalized spacial score (nSPS) is 24.7. The molecule has 0 radical (unpaired) electrons. The summed E-state index contributed by atoms with van der Waals surface area (Å²) in [4.78, 5) is 40.6. The van der Waals surface area contributed by atoms with E-state index >= 15 is 0 Å². The number of carbonyl (C=O) groups excluding carboxylic acids is 2. The van der Waals surface area contributed by atoms with E-state index in [4.69, 9.17) is 0 Å². The van der Waals surface area contributed by atoms with E-state index in [9.17, 15) is 19.7 Å². The number of Topliss-reactive ketones (excluding diaryl/α,β-unsaturated/α-hetero) is 1. The van der Waals surface area contributed by atoms with Crippen LogP contribution in [-0.2, 0) is 4.79 Å². The minimum atomic E-state index is -0.501. The average Bonchev–Trinajstić information content (AvgIpc) is 3.29. The van der Waals surface area contributed by atoms with Gasteiger partial charge in [-0.15, -0.1) is 12.4 Å². The zero-order chi connectivity index (χ0) is 19.0. The zero-order valence-corrected chi connectivity index (χ0v) is 16.7. The van der Waals surface area contributed by atoms with Gasteiger partial charge in [-0.3, -0.25) is 19.7 Å². The van der Waals surface area contributed by atoms with Crippen LogP contribution in [0.4, 0.5) is 5.69 Å². The Bertz CT molecular complexity index is 779. The third-order valence-electron chi connectivity index (χ3n) is 6.19. The van der Waals surface area contributed by atoms with E-state index in [0.717, 1.165) is 45.4 Å². The van der Waals surface area contributed by atoms with Crippen LogP contribution >= 0.6 is 12.4 Å². The Balaban J connectivity index is 0.00000225. The Morgan fingerprint density at radius 2 is 1.86 bits per heavy atom. The first-order valence-corrected chi connectivity index (χ1v) is 9.89. The standard InChI is InChI=1S/C20H25N3O4.ClH/c24-19-12-18(16-7-6-14(23(26)27)11-17(16)19)20(25)22-10-2-1-5-15(22)13-21-8-3-4-9-21;/h6-7,11,15,18H,1-5,8-10,12-13H2;1H. The molecule has 1 aliphatic carbocycles. The molecule has 2 atom stereocenters. The van der Waals surface area contributed by atoms with Crippen LogP contribution in [0, 0.1) is 10.1 Å². The summed E-state index contributed by atoms with van der Waals surface area (Å²) in [5.74, 6) is -0.646. The molecular formula is C20H26ClN3O4. The van der Waals surface area contributed by atoms with Gasteiger partial charge in [0.05, 0.1) is 10.8 Å². The number of hydrogen-bond acceptors (Lipinski definition) is 5. The number of piperidine rings is 1. The van der Waals surface area contributed by atoms with E-state index < -0.39 is 10.8 Å². The number of rotatable bonds is 4. The molecule has 152 valence electrons. The van der Waals surface area contributed by atoms with Crippen molar-refractivity contribution in [2.24, 2.45) is 0 Å². The maximum absolute atomic E-state index is 13.3. The molecule has 7 nitrogen and oxygen atoms in total. The van der Waals surface area contributed by atoms with Gasteiger partial charge in [0.2, 0.25) is 5.91 Å². The molecule has 3 aliphatic rings. The number of nitrogens with zero attached hydrogens (tertiary/aromatic N) is 3. The maximum atomic E-state index is 13.3. The van der Waals surface area contributed by atoms with Gasteiger partial charge in [0, 0.05) is 43.2 Å². The van der Waals surface area contributed by atoms with Gasteiger partial charge < -0.3 is 9.80 Å². The first-order valence-electron chi connectivity index (χ1n) is 9.89. The fourth-order valence-electron chi connectivity index (χ4n) is 4.77. The second-order valence-corrected chi connectivity index (χ2v) is 7.90. The summed E-state index contributed by atoms with van der Waals surface area (Å²) in [6.07, 6.45) is 5.72. The Morgan fingerprint density at radius 3 is 2.57 bits per heavy atom. The molecule has 0 saturated carbocycles. The summed E-state index contributed by atoms with van der Waals surface area (Å²) >= 11 is 0. The van der Waals surface area contributed by atoms with Crippen molar-refractivity contribution in [2.75, 3.05) is 26.2 Å². The number of nitro benzene ring substituents is 1. The van der Waals surface area contributed by atoms with E-state index in [0.29, 0.717) is 11.1 Å². The third-order valence-corrected chi connectivity index (χ3v) is 6.19. The van der Waals surface area contributed by atoms with Crippen LogP contribution < -0.4 is 0 Å². The van der Waals surface area contributed by atoms with Gasteiger partial charge in [-0.25, -0.2) is 0 Å². The van der Waals surface area contributed by atoms with Crippen molar-refractivity contribution in [3.63, 3.8) is 0 Å². The molecule has 28 heavy (non-hydrogen) atoms. The number of hydrogen-bond donors (Lipinski definition) is 0. The van der Waals surface area contributed by atoms with Crippen LogP contribution in [0.5, 0.6) is 0 Å². The van der Waals surface area contributed by atoms with Gasteiger partial charge in [-0.05, 0) is 50.8 Å². The number of likely N-dealkylation sites (tertiary alicyclic amines) is 2. The summed E-state index contributed by atoms with van der Waals surface area (Å²) in [5.41, 5.74) is 0.900. The van der Waals surface area contributed by atoms with Gasteiger partial charge in [-0.1, -0.05) is 6.07 Å². The number of ketones is 1. The van der Waals surface area contributed by atoms with Gasteiger partial charge >= 0.3 is 0 Å². The molecule has 2 fully saturated rings. The van der Waals surface area contributed by atoms with Gasteiger partial charge in [0.15, 0.2) is 5.78 Å². The molecule has 0 aromatic heterocycles. The second kappa shape index (κ2) is 8.57. The van der Waals surface area contributed by atoms with Crippen LogP contribution in [-0.4, -0.2) is 58.6 Å². The number of nitro groups is 1. The summed E-state index contributed by atoms with van der Waals surface area (Å²) in [6, 6.07) is 4.53. The number of halogens is 1. The first-order chi connectivity index (χ1) is 13.0. The Labute approximate surface area is 170 Å². The first kappa shape index (κ1) is 20.7. The van der Waals surface area contributed by atoms with Crippen LogP contribution in [0.15, 0.2) is 18.2 Å². The predicted octanol–water partition coefficient (Wildman–Crippen LogP) is 3.16. The van der Waals surface area contributed by atoms with Crippen molar-refractivity contribution in [3.8, 4) is 0 Å². The highest BCUT2D eigenvalue weighted by atomic mass is 35.5. The van der Waals surface area contributed by atoms with Crippen molar-refractivity contribution >= 4 is 29.8 Å². The van der Waals surface area contributed by atoms with Crippen molar-refractivity contribution < 1.29 is 14.5 Å². The topological polar surface area (TPSA) is 83.8 Å². The van der Waals surface area contributed by atoms with Crippen LogP contribution in [0.1, 0.15) is 60.4 Å². The van der Waals surface area contributed by atoms with Crippen molar-refractivity contribution in [1.29, 1.82) is 0 Å². The number of non-ortho nitro benzene ring substituents is 1. The van der Waals surface area contributed by atoms with Gasteiger partial charge in [0.25, 0.3) is 5.69 Å². The van der Waals surface area contributed by atoms with E-state index in [2.05, 4.69) is 4.90 Å². The molecule has 2 heterocycles. The molecular weight excluding hydrogens is 382 g/mol. The van der Waals surface area contributed by atoms with Crippen LogP contribution in [0.3, 0.4) is 0 Å². The summed E-state index contributed by atoms with van der Waals surface area (Å²) in [7, 11) is 0. The zero-order valence-electron chi connectivity index (χ0n) is 15.8. The quantitative estimate of drug-likeness (QED) is 0.565. The third kappa shape index (κ3) is 3.91. The number of benzene rings is 1. The molecule has 0 N–H and O–H groups in total. The van der Waals surface area contributed by atoms with Crippen LogP contribution in [0.25, 0.3) is 0 Å². The van der Waals surface area contributed by atoms with E-state index in [1.54, 1.807) is 6.07 Å². The SMILES string of the molecule is Cl.O=C1CC(C(=O)N2CCCCC2CN2CCCC2)c2ccc([N+](=O)[O-])cc21. The largest absolute Gasteiger partial charge is 0.338 e. The number of carbonyl (C=O) groups is 2. The summed E-state index contributed by atoms with van der Waals surface area (Å²) in [5, 5.41) is 11.0. The van der Waals surface area contributed by atoms with E-state index in [1.165, 1.54) is 25.0 Å². The highest BCUT2D eigenvalue weighted by Gasteiger charge is 2.40. The number of amides is 1. The average molecular weight is 408 g/mol. The lowest BCUT2D eigenvalue weighted by atomic mass is 9.95. The fraction of sp³-hybridized carbons (Fsp3) is 0.600. The minimum Gasteiger partial charge on any atom is -0.338 e. The molecule has 0 spiro atoms. The van der Waals surface area contributed by atoms with Crippen molar-refractivity contribution in [1.82, 2.24) is 9.80 Å². The lowest BCUT2D eigenvalue weighted by Gasteiger charge is -2.39. The monoisotopic (exact) mass is 407 g/mol. The minimum absolute atomic E-state index is 0. The van der Waals surface area contributed by atoms with Gasteiger partial charge in [-0.2, -0.15) is 0 Å². The lowest BCUT2D eigenvalue weighted by molar-refractivity contribution is -0.384.